The molecular weight excluding hydrogens is 274 g/mol. The number of nitrogen functional groups attached to an aromatic ring is 1. The molecule has 0 atom stereocenters. The number of aromatic nitrogens is 2. The molecule has 0 unspecified atom stereocenters. The van der Waals surface area contributed by atoms with Gasteiger partial charge in [-0.3, -0.25) is 9.36 Å². The molecule has 0 spiro atoms. The SMILES string of the molecule is Nc1c(Cl)c2cccnc2n(Cc2ccccc2)c1=O. The van der Waals surface area contributed by atoms with Crippen LogP contribution in [0.15, 0.2) is 53.5 Å². The average Bonchev–Trinajstić information content (AvgIpc) is 2.50. The molecule has 0 saturated heterocycles. The Labute approximate surface area is 120 Å². The molecule has 20 heavy (non-hydrogen) atoms. The Balaban J connectivity index is 2.27. The van der Waals surface area contributed by atoms with E-state index in [9.17, 15) is 4.79 Å². The predicted molar refractivity (Wildman–Crippen MR) is 81.0 cm³/mol. The van der Waals surface area contributed by atoms with Crippen molar-refractivity contribution in [3.05, 3.63) is 69.6 Å². The van der Waals surface area contributed by atoms with Gasteiger partial charge in [-0.15, -0.1) is 0 Å². The highest BCUT2D eigenvalue weighted by molar-refractivity contribution is 6.37. The van der Waals surface area contributed by atoms with E-state index in [1.165, 1.54) is 0 Å². The number of fused-ring (bicyclic) bond motifs is 1. The Morgan fingerprint density at radius 2 is 1.90 bits per heavy atom. The monoisotopic (exact) mass is 285 g/mol. The minimum Gasteiger partial charge on any atom is -0.393 e. The second kappa shape index (κ2) is 4.98. The van der Waals surface area contributed by atoms with Crippen molar-refractivity contribution in [2.75, 3.05) is 5.73 Å². The molecule has 0 aliphatic heterocycles. The van der Waals surface area contributed by atoms with Gasteiger partial charge in [0.25, 0.3) is 5.56 Å². The van der Waals surface area contributed by atoms with Gasteiger partial charge in [0.2, 0.25) is 0 Å². The number of hydrogen-bond donors (Lipinski definition) is 1. The number of nitrogens with zero attached hydrogens (tertiary/aromatic N) is 2. The molecule has 5 heteroatoms. The van der Waals surface area contributed by atoms with Crippen LogP contribution in [0, 0.1) is 0 Å². The van der Waals surface area contributed by atoms with Crippen LogP contribution in [-0.2, 0) is 6.54 Å². The molecule has 0 fully saturated rings. The maximum Gasteiger partial charge on any atom is 0.277 e. The molecule has 2 aromatic heterocycles. The minimum atomic E-state index is -0.315. The third kappa shape index (κ3) is 2.04. The summed E-state index contributed by atoms with van der Waals surface area (Å²) in [6, 6.07) is 13.3. The van der Waals surface area contributed by atoms with E-state index >= 15 is 0 Å². The Morgan fingerprint density at radius 1 is 1.15 bits per heavy atom. The van der Waals surface area contributed by atoms with Gasteiger partial charge in [0.05, 0.1) is 11.6 Å². The summed E-state index contributed by atoms with van der Waals surface area (Å²) in [5, 5.41) is 0.949. The predicted octanol–water partition coefficient (Wildman–Crippen LogP) is 2.68. The van der Waals surface area contributed by atoms with E-state index in [1.54, 1.807) is 16.8 Å². The van der Waals surface area contributed by atoms with Gasteiger partial charge in [-0.25, -0.2) is 4.98 Å². The van der Waals surface area contributed by atoms with Crippen LogP contribution in [-0.4, -0.2) is 9.55 Å². The van der Waals surface area contributed by atoms with Crippen molar-refractivity contribution in [1.82, 2.24) is 9.55 Å². The van der Waals surface area contributed by atoms with E-state index in [-0.39, 0.29) is 16.3 Å². The molecule has 0 amide bonds. The second-order valence-electron chi connectivity index (χ2n) is 4.48. The first-order valence-corrected chi connectivity index (χ1v) is 6.52. The number of benzene rings is 1. The van der Waals surface area contributed by atoms with Gasteiger partial charge in [0, 0.05) is 11.6 Å². The first-order chi connectivity index (χ1) is 9.68. The summed E-state index contributed by atoms with van der Waals surface area (Å²) in [4.78, 5) is 16.6. The summed E-state index contributed by atoms with van der Waals surface area (Å²) in [6.45, 7) is 0.411. The Kier molecular flexibility index (Phi) is 3.16. The molecule has 3 rings (SSSR count). The molecule has 2 heterocycles. The lowest BCUT2D eigenvalue weighted by atomic mass is 10.2. The van der Waals surface area contributed by atoms with Crippen molar-refractivity contribution in [1.29, 1.82) is 0 Å². The van der Waals surface area contributed by atoms with Gasteiger partial charge in [0.15, 0.2) is 0 Å². The summed E-state index contributed by atoms with van der Waals surface area (Å²) in [7, 11) is 0. The number of pyridine rings is 2. The lowest BCUT2D eigenvalue weighted by molar-refractivity contribution is 0.786. The number of hydrogen-bond acceptors (Lipinski definition) is 3. The van der Waals surface area contributed by atoms with Crippen molar-refractivity contribution in [3.8, 4) is 0 Å². The minimum absolute atomic E-state index is 0.0584. The summed E-state index contributed by atoms with van der Waals surface area (Å²) >= 11 is 6.13. The molecule has 0 aliphatic carbocycles. The zero-order valence-electron chi connectivity index (χ0n) is 10.6. The van der Waals surface area contributed by atoms with Crippen LogP contribution in [0.2, 0.25) is 5.02 Å². The molecule has 0 radical (unpaired) electrons. The first-order valence-electron chi connectivity index (χ1n) is 6.15. The van der Waals surface area contributed by atoms with Crippen LogP contribution in [0.1, 0.15) is 5.56 Å². The van der Waals surface area contributed by atoms with E-state index in [4.69, 9.17) is 17.3 Å². The number of nitrogens with two attached hydrogens (primary N) is 1. The molecule has 0 aliphatic rings. The average molecular weight is 286 g/mol. The van der Waals surface area contributed by atoms with Crippen LogP contribution in [0.3, 0.4) is 0 Å². The van der Waals surface area contributed by atoms with E-state index in [1.807, 2.05) is 36.4 Å². The highest BCUT2D eigenvalue weighted by atomic mass is 35.5. The standard InChI is InChI=1S/C15H12ClN3O/c16-12-11-7-4-8-18-14(11)19(15(20)13(12)17)9-10-5-2-1-3-6-10/h1-8H,9,17H2. The van der Waals surface area contributed by atoms with Crippen molar-refractivity contribution in [2.45, 2.75) is 6.54 Å². The van der Waals surface area contributed by atoms with E-state index in [2.05, 4.69) is 4.98 Å². The smallest absolute Gasteiger partial charge is 0.277 e. The van der Waals surface area contributed by atoms with E-state index in [0.29, 0.717) is 17.6 Å². The normalized spacial score (nSPS) is 10.8. The Morgan fingerprint density at radius 3 is 2.65 bits per heavy atom. The lowest BCUT2D eigenvalue weighted by Crippen LogP contribution is -2.25. The number of rotatable bonds is 2. The first kappa shape index (κ1) is 12.7. The molecule has 2 N–H and O–H groups in total. The fourth-order valence-electron chi connectivity index (χ4n) is 2.18. The molecule has 3 aromatic rings. The summed E-state index contributed by atoms with van der Waals surface area (Å²) < 4.78 is 1.55. The number of anilines is 1. The van der Waals surface area contributed by atoms with Crippen LogP contribution in [0.4, 0.5) is 5.69 Å². The topological polar surface area (TPSA) is 60.9 Å². The summed E-state index contributed by atoms with van der Waals surface area (Å²) in [5.41, 5.74) is 7.10. The highest BCUT2D eigenvalue weighted by Crippen LogP contribution is 2.25. The second-order valence-corrected chi connectivity index (χ2v) is 4.86. The molecule has 0 bridgehead atoms. The summed E-state index contributed by atoms with van der Waals surface area (Å²) in [6.07, 6.45) is 1.63. The maximum atomic E-state index is 12.3. The van der Waals surface area contributed by atoms with Crippen molar-refractivity contribution < 1.29 is 0 Å². The van der Waals surface area contributed by atoms with Crippen LogP contribution in [0.5, 0.6) is 0 Å². The van der Waals surface area contributed by atoms with Crippen LogP contribution in [0.25, 0.3) is 11.0 Å². The van der Waals surface area contributed by atoms with E-state index < -0.39 is 0 Å². The molecule has 1 aromatic carbocycles. The van der Waals surface area contributed by atoms with Crippen LogP contribution >= 0.6 is 11.6 Å². The molecule has 4 nitrogen and oxygen atoms in total. The fourth-order valence-corrected chi connectivity index (χ4v) is 2.40. The quantitative estimate of drug-likeness (QED) is 0.787. The van der Waals surface area contributed by atoms with Gasteiger partial charge in [0.1, 0.15) is 11.3 Å². The van der Waals surface area contributed by atoms with Gasteiger partial charge in [-0.2, -0.15) is 0 Å². The molecule has 0 saturated carbocycles. The van der Waals surface area contributed by atoms with Crippen LogP contribution < -0.4 is 11.3 Å². The zero-order chi connectivity index (χ0) is 14.1. The zero-order valence-corrected chi connectivity index (χ0v) is 11.3. The van der Waals surface area contributed by atoms with Gasteiger partial charge in [-0.05, 0) is 17.7 Å². The van der Waals surface area contributed by atoms with Crippen molar-refractivity contribution in [3.63, 3.8) is 0 Å². The molecule has 100 valence electrons. The van der Waals surface area contributed by atoms with Gasteiger partial charge in [-0.1, -0.05) is 41.9 Å². The Hall–Kier alpha value is -2.33. The summed E-state index contributed by atoms with van der Waals surface area (Å²) in [5.74, 6) is 0. The number of halogens is 1. The lowest BCUT2D eigenvalue weighted by Gasteiger charge is -2.12. The van der Waals surface area contributed by atoms with Crippen molar-refractivity contribution in [2.24, 2.45) is 0 Å². The molecular formula is C15H12ClN3O. The third-order valence-electron chi connectivity index (χ3n) is 3.17. The largest absolute Gasteiger partial charge is 0.393 e. The fraction of sp³-hybridized carbons (Fsp3) is 0.0667. The maximum absolute atomic E-state index is 12.3. The van der Waals surface area contributed by atoms with Gasteiger partial charge < -0.3 is 5.73 Å². The van der Waals surface area contributed by atoms with E-state index in [0.717, 1.165) is 5.56 Å². The van der Waals surface area contributed by atoms with Crippen molar-refractivity contribution >= 4 is 28.3 Å². The highest BCUT2D eigenvalue weighted by Gasteiger charge is 2.13. The third-order valence-corrected chi connectivity index (χ3v) is 3.58. The van der Waals surface area contributed by atoms with Gasteiger partial charge >= 0.3 is 0 Å². The Bertz CT molecular complexity index is 828.